The van der Waals surface area contributed by atoms with E-state index in [1.807, 2.05) is 18.7 Å². The Morgan fingerprint density at radius 3 is 2.42 bits per heavy atom. The van der Waals surface area contributed by atoms with Crippen molar-refractivity contribution in [2.45, 2.75) is 58.2 Å². The Morgan fingerprint density at radius 1 is 1.37 bits per heavy atom. The van der Waals surface area contributed by atoms with Gasteiger partial charge in [0.15, 0.2) is 0 Å². The molecule has 1 aromatic rings. The van der Waals surface area contributed by atoms with E-state index < -0.39 is 5.54 Å². The summed E-state index contributed by atoms with van der Waals surface area (Å²) in [6.07, 6.45) is 2.89. The maximum Gasteiger partial charge on any atom is 0.242 e. The van der Waals surface area contributed by atoms with Crippen LogP contribution in [0.25, 0.3) is 0 Å². The average molecular weight is 260 g/mol. The zero-order chi connectivity index (χ0) is 14.0. The van der Waals surface area contributed by atoms with Crippen molar-refractivity contribution in [3.63, 3.8) is 0 Å². The first kappa shape index (κ1) is 14.1. The van der Waals surface area contributed by atoms with Gasteiger partial charge in [-0.1, -0.05) is 36.8 Å². The lowest BCUT2D eigenvalue weighted by Crippen LogP contribution is -2.53. The largest absolute Gasteiger partial charge is 0.334 e. The van der Waals surface area contributed by atoms with Gasteiger partial charge >= 0.3 is 0 Å². The molecule has 3 heteroatoms. The van der Waals surface area contributed by atoms with Gasteiger partial charge in [-0.25, -0.2) is 0 Å². The number of aryl methyl sites for hydroxylation is 1. The summed E-state index contributed by atoms with van der Waals surface area (Å²) in [6, 6.07) is 8.76. The quantitative estimate of drug-likeness (QED) is 0.884. The molecule has 0 radical (unpaired) electrons. The van der Waals surface area contributed by atoms with Crippen molar-refractivity contribution in [3.05, 3.63) is 35.4 Å². The Balaban J connectivity index is 2.13. The molecule has 1 saturated carbocycles. The van der Waals surface area contributed by atoms with Gasteiger partial charge in [0.05, 0.1) is 5.54 Å². The van der Waals surface area contributed by atoms with Crippen LogP contribution in [0.15, 0.2) is 24.3 Å². The van der Waals surface area contributed by atoms with Gasteiger partial charge in [0.2, 0.25) is 5.91 Å². The maximum atomic E-state index is 12.5. The van der Waals surface area contributed by atoms with Gasteiger partial charge in [-0.3, -0.25) is 4.79 Å². The summed E-state index contributed by atoms with van der Waals surface area (Å²) < 4.78 is 0. The summed E-state index contributed by atoms with van der Waals surface area (Å²) in [5, 5.41) is 0. The van der Waals surface area contributed by atoms with Crippen molar-refractivity contribution in [3.8, 4) is 0 Å². The van der Waals surface area contributed by atoms with Crippen LogP contribution in [-0.2, 0) is 11.3 Å². The Hall–Kier alpha value is -1.35. The number of nitrogens with two attached hydrogens (primary N) is 1. The Labute approximate surface area is 115 Å². The van der Waals surface area contributed by atoms with E-state index in [1.165, 1.54) is 11.1 Å². The lowest BCUT2D eigenvalue weighted by molar-refractivity contribution is -0.137. The minimum Gasteiger partial charge on any atom is -0.334 e. The van der Waals surface area contributed by atoms with Crippen LogP contribution >= 0.6 is 0 Å². The molecule has 0 aliphatic heterocycles. The van der Waals surface area contributed by atoms with Gasteiger partial charge < -0.3 is 10.6 Å². The molecule has 1 fully saturated rings. The summed E-state index contributed by atoms with van der Waals surface area (Å²) >= 11 is 0. The number of carbonyl (C=O) groups excluding carboxylic acids is 1. The molecule has 2 N–H and O–H groups in total. The minimum atomic E-state index is -0.743. The molecule has 0 heterocycles. The number of benzene rings is 1. The van der Waals surface area contributed by atoms with Crippen molar-refractivity contribution >= 4 is 5.91 Å². The zero-order valence-corrected chi connectivity index (χ0v) is 12.1. The van der Waals surface area contributed by atoms with Gasteiger partial charge in [-0.2, -0.15) is 0 Å². The summed E-state index contributed by atoms with van der Waals surface area (Å²) in [7, 11) is 0. The van der Waals surface area contributed by atoms with E-state index in [0.29, 0.717) is 19.0 Å². The molecule has 104 valence electrons. The van der Waals surface area contributed by atoms with E-state index in [-0.39, 0.29) is 5.91 Å². The fourth-order valence-electron chi connectivity index (χ4n) is 2.12. The predicted molar refractivity (Wildman–Crippen MR) is 77.6 cm³/mol. The van der Waals surface area contributed by atoms with Crippen molar-refractivity contribution < 1.29 is 4.79 Å². The highest BCUT2D eigenvalue weighted by molar-refractivity contribution is 5.86. The van der Waals surface area contributed by atoms with Crippen molar-refractivity contribution in [2.75, 3.05) is 0 Å². The van der Waals surface area contributed by atoms with Gasteiger partial charge in [0.1, 0.15) is 0 Å². The Morgan fingerprint density at radius 2 is 1.95 bits per heavy atom. The third-order valence-electron chi connectivity index (χ3n) is 3.95. The normalized spacial score (nSPS) is 17.9. The fourth-order valence-corrected chi connectivity index (χ4v) is 2.12. The molecule has 1 amide bonds. The van der Waals surface area contributed by atoms with Gasteiger partial charge in [0.25, 0.3) is 0 Å². The zero-order valence-electron chi connectivity index (χ0n) is 12.1. The van der Waals surface area contributed by atoms with Crippen LogP contribution in [0.5, 0.6) is 0 Å². The number of rotatable bonds is 5. The second kappa shape index (κ2) is 5.33. The van der Waals surface area contributed by atoms with Crippen LogP contribution in [0.3, 0.4) is 0 Å². The molecule has 0 saturated heterocycles. The van der Waals surface area contributed by atoms with Gasteiger partial charge in [-0.15, -0.1) is 0 Å². The second-order valence-electron chi connectivity index (χ2n) is 5.92. The van der Waals surface area contributed by atoms with E-state index in [4.69, 9.17) is 5.73 Å². The highest BCUT2D eigenvalue weighted by Crippen LogP contribution is 2.30. The first-order valence-corrected chi connectivity index (χ1v) is 7.09. The average Bonchev–Trinajstić information content (AvgIpc) is 3.21. The van der Waals surface area contributed by atoms with Gasteiger partial charge in [-0.05, 0) is 38.7 Å². The highest BCUT2D eigenvalue weighted by atomic mass is 16.2. The molecule has 1 aliphatic carbocycles. The molecular formula is C16H24N2O. The lowest BCUT2D eigenvalue weighted by Gasteiger charge is -2.31. The Bertz CT molecular complexity index is 446. The van der Waals surface area contributed by atoms with Crippen molar-refractivity contribution in [1.82, 2.24) is 4.90 Å². The Kier molecular flexibility index (Phi) is 3.95. The van der Waals surface area contributed by atoms with Crippen LogP contribution in [0, 0.1) is 6.92 Å². The molecule has 1 aliphatic rings. The number of hydrogen-bond donors (Lipinski definition) is 1. The standard InChI is InChI=1S/C16H24N2O/c1-4-16(3,17)15(19)18(14-9-10-14)11-13-7-5-12(2)6-8-13/h5-8,14H,4,9-11,17H2,1-3H3. The molecule has 1 atom stereocenters. The maximum absolute atomic E-state index is 12.5. The molecular weight excluding hydrogens is 236 g/mol. The molecule has 1 unspecified atom stereocenters. The summed E-state index contributed by atoms with van der Waals surface area (Å²) in [4.78, 5) is 14.5. The molecule has 1 aromatic carbocycles. The van der Waals surface area contributed by atoms with E-state index in [9.17, 15) is 4.79 Å². The number of hydrogen-bond acceptors (Lipinski definition) is 2. The highest BCUT2D eigenvalue weighted by Gasteiger charge is 2.39. The van der Waals surface area contributed by atoms with Crippen LogP contribution in [0.2, 0.25) is 0 Å². The van der Waals surface area contributed by atoms with E-state index in [0.717, 1.165) is 12.8 Å². The minimum absolute atomic E-state index is 0.0816. The van der Waals surface area contributed by atoms with Crippen LogP contribution < -0.4 is 5.73 Å². The summed E-state index contributed by atoms with van der Waals surface area (Å²) in [5.41, 5.74) is 7.79. The van der Waals surface area contributed by atoms with Crippen LogP contribution in [0.1, 0.15) is 44.2 Å². The molecule has 19 heavy (non-hydrogen) atoms. The summed E-state index contributed by atoms with van der Waals surface area (Å²) in [6.45, 7) is 6.55. The third-order valence-corrected chi connectivity index (χ3v) is 3.95. The van der Waals surface area contributed by atoms with Crippen LogP contribution in [-0.4, -0.2) is 22.4 Å². The molecule has 0 spiro atoms. The summed E-state index contributed by atoms with van der Waals surface area (Å²) in [5.74, 6) is 0.0816. The predicted octanol–water partition coefficient (Wildman–Crippen LogP) is 2.61. The van der Waals surface area contributed by atoms with Crippen LogP contribution in [0.4, 0.5) is 0 Å². The monoisotopic (exact) mass is 260 g/mol. The SMILES string of the molecule is CCC(C)(N)C(=O)N(Cc1ccc(C)cc1)C1CC1. The van der Waals surface area contributed by atoms with Crippen molar-refractivity contribution in [2.24, 2.45) is 5.73 Å². The molecule has 2 rings (SSSR count). The number of amides is 1. The van der Waals surface area contributed by atoms with E-state index in [1.54, 1.807) is 0 Å². The topological polar surface area (TPSA) is 46.3 Å². The van der Waals surface area contributed by atoms with E-state index >= 15 is 0 Å². The lowest BCUT2D eigenvalue weighted by atomic mass is 9.98. The van der Waals surface area contributed by atoms with Crippen molar-refractivity contribution in [1.29, 1.82) is 0 Å². The number of carbonyl (C=O) groups is 1. The van der Waals surface area contributed by atoms with Gasteiger partial charge in [0, 0.05) is 12.6 Å². The molecule has 0 bridgehead atoms. The van der Waals surface area contributed by atoms with E-state index in [2.05, 4.69) is 31.2 Å². The smallest absolute Gasteiger partial charge is 0.242 e. The first-order valence-electron chi connectivity index (χ1n) is 7.09. The fraction of sp³-hybridized carbons (Fsp3) is 0.562. The molecule has 3 nitrogen and oxygen atoms in total. The second-order valence-corrected chi connectivity index (χ2v) is 5.92. The number of nitrogens with zero attached hydrogens (tertiary/aromatic N) is 1. The molecule has 0 aromatic heterocycles. The third kappa shape index (κ3) is 3.35. The first-order chi connectivity index (χ1) is 8.94.